The number of amides is 1. The zero-order valence-electron chi connectivity index (χ0n) is 18.8. The standard InChI is InChI=1S/C25H23Cl2N5O2/c1-3-31(15-22-28-21-7-5-4-6-20(21)25(34)29-22)23(33)13-12-19-16(2)30-32(24(19)27)14-17-8-10-18(26)11-9-17/h4-13H,3,14-15H2,1-2H3,(H,28,29,34)/b13-12+. The molecule has 0 atom stereocenters. The molecule has 1 amide bonds. The van der Waals surface area contributed by atoms with Crippen LogP contribution in [-0.2, 0) is 17.9 Å². The van der Waals surface area contributed by atoms with Crippen molar-refractivity contribution in [3.05, 3.63) is 97.8 Å². The highest BCUT2D eigenvalue weighted by Crippen LogP contribution is 2.23. The molecule has 4 aromatic rings. The summed E-state index contributed by atoms with van der Waals surface area (Å²) in [7, 11) is 0. The van der Waals surface area contributed by atoms with Crippen LogP contribution in [0.5, 0.6) is 0 Å². The number of hydrogen-bond acceptors (Lipinski definition) is 4. The quantitative estimate of drug-likeness (QED) is 0.371. The van der Waals surface area contributed by atoms with E-state index in [1.54, 1.807) is 33.9 Å². The van der Waals surface area contributed by atoms with E-state index in [9.17, 15) is 9.59 Å². The molecule has 174 valence electrons. The summed E-state index contributed by atoms with van der Waals surface area (Å²) in [6, 6.07) is 14.6. The Balaban J connectivity index is 1.50. The van der Waals surface area contributed by atoms with E-state index in [4.69, 9.17) is 23.2 Å². The van der Waals surface area contributed by atoms with E-state index < -0.39 is 0 Å². The third kappa shape index (κ3) is 5.21. The first kappa shape index (κ1) is 23.7. The number of halogens is 2. The van der Waals surface area contributed by atoms with Crippen LogP contribution in [0.1, 0.15) is 29.6 Å². The van der Waals surface area contributed by atoms with Crippen LogP contribution in [0, 0.1) is 6.92 Å². The van der Waals surface area contributed by atoms with Crippen molar-refractivity contribution in [3.63, 3.8) is 0 Å². The molecular weight excluding hydrogens is 473 g/mol. The fraction of sp³-hybridized carbons (Fsp3) is 0.200. The Morgan fingerprint density at radius 1 is 1.15 bits per heavy atom. The lowest BCUT2D eigenvalue weighted by Gasteiger charge is -2.18. The van der Waals surface area contributed by atoms with E-state index in [-0.39, 0.29) is 18.0 Å². The van der Waals surface area contributed by atoms with Gasteiger partial charge >= 0.3 is 0 Å². The average Bonchev–Trinajstić information content (AvgIpc) is 3.09. The molecule has 0 saturated carbocycles. The first-order chi connectivity index (χ1) is 16.4. The molecule has 0 aliphatic heterocycles. The Labute approximate surface area is 206 Å². The van der Waals surface area contributed by atoms with Crippen molar-refractivity contribution in [2.45, 2.75) is 26.9 Å². The molecule has 4 rings (SSSR count). The minimum Gasteiger partial charge on any atom is -0.332 e. The molecule has 9 heteroatoms. The van der Waals surface area contributed by atoms with Crippen molar-refractivity contribution in [3.8, 4) is 0 Å². The second kappa shape index (κ2) is 10.2. The van der Waals surface area contributed by atoms with Gasteiger partial charge in [-0.3, -0.25) is 9.59 Å². The smallest absolute Gasteiger partial charge is 0.258 e. The van der Waals surface area contributed by atoms with Crippen molar-refractivity contribution >= 4 is 46.1 Å². The van der Waals surface area contributed by atoms with E-state index in [1.807, 2.05) is 44.2 Å². The first-order valence-corrected chi connectivity index (χ1v) is 11.5. The van der Waals surface area contributed by atoms with Gasteiger partial charge in [-0.25, -0.2) is 9.67 Å². The molecule has 34 heavy (non-hydrogen) atoms. The van der Waals surface area contributed by atoms with Gasteiger partial charge in [0.05, 0.1) is 29.7 Å². The molecule has 0 aliphatic carbocycles. The van der Waals surface area contributed by atoms with Crippen LogP contribution in [0.2, 0.25) is 10.2 Å². The number of H-pyrrole nitrogens is 1. The lowest BCUT2D eigenvalue weighted by Crippen LogP contribution is -2.30. The zero-order valence-corrected chi connectivity index (χ0v) is 20.3. The van der Waals surface area contributed by atoms with Gasteiger partial charge in [-0.2, -0.15) is 5.10 Å². The molecule has 0 unspecified atom stereocenters. The molecule has 7 nitrogen and oxygen atoms in total. The summed E-state index contributed by atoms with van der Waals surface area (Å²) in [6.07, 6.45) is 3.13. The normalized spacial score (nSPS) is 11.4. The number of nitrogens with zero attached hydrogens (tertiary/aromatic N) is 4. The van der Waals surface area contributed by atoms with Gasteiger partial charge < -0.3 is 9.88 Å². The van der Waals surface area contributed by atoms with Crippen LogP contribution in [0.15, 0.2) is 59.4 Å². The third-order valence-corrected chi connectivity index (χ3v) is 6.09. The number of hydrogen-bond donors (Lipinski definition) is 1. The minimum atomic E-state index is -0.227. The topological polar surface area (TPSA) is 83.9 Å². The van der Waals surface area contributed by atoms with Gasteiger partial charge in [-0.05, 0) is 49.8 Å². The van der Waals surface area contributed by atoms with E-state index >= 15 is 0 Å². The molecular formula is C25H23Cl2N5O2. The SMILES string of the molecule is CCN(Cc1nc2ccccc2c(=O)[nH]1)C(=O)/C=C/c1c(C)nn(Cc2ccc(Cl)cc2)c1Cl. The van der Waals surface area contributed by atoms with Crippen LogP contribution in [0.25, 0.3) is 17.0 Å². The van der Waals surface area contributed by atoms with E-state index in [0.717, 1.165) is 5.56 Å². The number of carbonyl (C=O) groups is 1. The van der Waals surface area contributed by atoms with Gasteiger partial charge in [0.2, 0.25) is 5.91 Å². The Kier molecular flexibility index (Phi) is 7.14. The number of benzene rings is 2. The number of aromatic nitrogens is 4. The molecule has 2 heterocycles. The minimum absolute atomic E-state index is 0.183. The highest BCUT2D eigenvalue weighted by atomic mass is 35.5. The van der Waals surface area contributed by atoms with Crippen LogP contribution in [0.3, 0.4) is 0 Å². The fourth-order valence-corrected chi connectivity index (χ4v) is 4.04. The Hall–Kier alpha value is -3.42. The number of aromatic amines is 1. The average molecular weight is 496 g/mol. The molecule has 0 saturated heterocycles. The second-order valence-electron chi connectivity index (χ2n) is 7.79. The highest BCUT2D eigenvalue weighted by molar-refractivity contribution is 6.31. The summed E-state index contributed by atoms with van der Waals surface area (Å²) in [5.41, 5.74) is 2.77. The van der Waals surface area contributed by atoms with E-state index in [2.05, 4.69) is 15.1 Å². The third-order valence-electron chi connectivity index (χ3n) is 5.44. The van der Waals surface area contributed by atoms with Crippen LogP contribution in [-0.4, -0.2) is 37.1 Å². The van der Waals surface area contributed by atoms with Gasteiger partial charge in [0, 0.05) is 23.2 Å². The highest BCUT2D eigenvalue weighted by Gasteiger charge is 2.15. The monoisotopic (exact) mass is 495 g/mol. The summed E-state index contributed by atoms with van der Waals surface area (Å²) in [5.74, 6) is 0.205. The van der Waals surface area contributed by atoms with Crippen LogP contribution >= 0.6 is 23.2 Å². The number of para-hydroxylation sites is 1. The molecule has 0 spiro atoms. The Bertz CT molecular complexity index is 1420. The Morgan fingerprint density at radius 2 is 1.88 bits per heavy atom. The molecule has 2 aromatic heterocycles. The van der Waals surface area contributed by atoms with Crippen molar-refractivity contribution < 1.29 is 4.79 Å². The maximum atomic E-state index is 12.9. The number of fused-ring (bicyclic) bond motifs is 1. The van der Waals surface area contributed by atoms with Crippen molar-refractivity contribution in [1.82, 2.24) is 24.6 Å². The van der Waals surface area contributed by atoms with Gasteiger partial charge in [0.15, 0.2) is 0 Å². The lowest BCUT2D eigenvalue weighted by atomic mass is 10.2. The first-order valence-electron chi connectivity index (χ1n) is 10.8. The molecule has 1 N–H and O–H groups in total. The lowest BCUT2D eigenvalue weighted by molar-refractivity contribution is -0.126. The van der Waals surface area contributed by atoms with E-state index in [1.165, 1.54) is 6.08 Å². The maximum absolute atomic E-state index is 12.9. The molecule has 0 radical (unpaired) electrons. The summed E-state index contributed by atoms with van der Waals surface area (Å²) in [6.45, 7) is 4.83. The number of likely N-dealkylation sites (N-methyl/N-ethyl adjacent to an activating group) is 1. The van der Waals surface area contributed by atoms with Crippen molar-refractivity contribution in [2.24, 2.45) is 0 Å². The Morgan fingerprint density at radius 3 is 2.62 bits per heavy atom. The molecule has 0 aliphatic rings. The van der Waals surface area contributed by atoms with Gasteiger partial charge in [-0.15, -0.1) is 0 Å². The molecule has 2 aromatic carbocycles. The second-order valence-corrected chi connectivity index (χ2v) is 8.58. The maximum Gasteiger partial charge on any atom is 0.258 e. The number of rotatable bonds is 7. The zero-order chi connectivity index (χ0) is 24.2. The number of carbonyl (C=O) groups excluding carboxylic acids is 1. The van der Waals surface area contributed by atoms with Crippen LogP contribution in [0.4, 0.5) is 0 Å². The fourth-order valence-electron chi connectivity index (χ4n) is 3.62. The summed E-state index contributed by atoms with van der Waals surface area (Å²) in [5, 5.41) is 6.13. The summed E-state index contributed by atoms with van der Waals surface area (Å²) >= 11 is 12.5. The summed E-state index contributed by atoms with van der Waals surface area (Å²) in [4.78, 5) is 34.1. The van der Waals surface area contributed by atoms with Crippen molar-refractivity contribution in [1.29, 1.82) is 0 Å². The van der Waals surface area contributed by atoms with Crippen LogP contribution < -0.4 is 5.56 Å². The van der Waals surface area contributed by atoms with E-state index in [0.29, 0.717) is 51.2 Å². The largest absolute Gasteiger partial charge is 0.332 e. The van der Waals surface area contributed by atoms with Gasteiger partial charge in [0.25, 0.3) is 5.56 Å². The van der Waals surface area contributed by atoms with Crippen molar-refractivity contribution in [2.75, 3.05) is 6.54 Å². The van der Waals surface area contributed by atoms with Gasteiger partial charge in [-0.1, -0.05) is 47.5 Å². The molecule has 0 bridgehead atoms. The molecule has 0 fully saturated rings. The summed E-state index contributed by atoms with van der Waals surface area (Å²) < 4.78 is 1.69. The predicted octanol–water partition coefficient (Wildman–Crippen LogP) is 4.85. The predicted molar refractivity (Wildman–Crippen MR) is 135 cm³/mol. The number of nitrogens with one attached hydrogen (secondary N) is 1. The number of aryl methyl sites for hydroxylation is 1. The van der Waals surface area contributed by atoms with Gasteiger partial charge in [0.1, 0.15) is 11.0 Å².